The summed E-state index contributed by atoms with van der Waals surface area (Å²) >= 11 is 0. The molecule has 21 heavy (non-hydrogen) atoms. The number of aliphatic imine (C=N–C) groups is 1. The van der Waals surface area contributed by atoms with E-state index in [1.807, 2.05) is 0 Å². The lowest BCUT2D eigenvalue weighted by molar-refractivity contribution is -0.137. The first kappa shape index (κ1) is 17.3. The standard InChI is InChI=1S/C14H20F3N3O/c1-18-13(19-8-3-9-21-2)20-10-11-4-6-12(7-5-11)14(15,16)17/h4-7H,3,8-10H2,1-2H3,(H2,18,19,20). The Hall–Kier alpha value is -1.76. The molecule has 7 heteroatoms. The summed E-state index contributed by atoms with van der Waals surface area (Å²) in [4.78, 5) is 4.03. The lowest BCUT2D eigenvalue weighted by Gasteiger charge is -2.12. The number of ether oxygens (including phenoxy) is 1. The van der Waals surface area contributed by atoms with Crippen LogP contribution in [0, 0.1) is 0 Å². The van der Waals surface area contributed by atoms with Crippen LogP contribution in [-0.4, -0.2) is 33.3 Å². The van der Waals surface area contributed by atoms with Gasteiger partial charge in [0.05, 0.1) is 5.56 Å². The molecule has 1 rings (SSSR count). The van der Waals surface area contributed by atoms with Gasteiger partial charge in [-0.15, -0.1) is 0 Å². The van der Waals surface area contributed by atoms with Crippen molar-refractivity contribution >= 4 is 5.96 Å². The Kier molecular flexibility index (Phi) is 7.01. The number of rotatable bonds is 6. The first-order chi connectivity index (χ1) is 9.97. The van der Waals surface area contributed by atoms with Crippen molar-refractivity contribution < 1.29 is 17.9 Å². The molecular formula is C14H20F3N3O. The zero-order valence-corrected chi connectivity index (χ0v) is 12.1. The van der Waals surface area contributed by atoms with Crippen LogP contribution in [0.15, 0.2) is 29.3 Å². The molecule has 0 saturated carbocycles. The third kappa shape index (κ3) is 6.48. The van der Waals surface area contributed by atoms with Crippen LogP contribution in [0.3, 0.4) is 0 Å². The molecule has 0 atom stereocenters. The van der Waals surface area contributed by atoms with Crippen LogP contribution < -0.4 is 10.6 Å². The van der Waals surface area contributed by atoms with Crippen molar-refractivity contribution in [3.63, 3.8) is 0 Å². The lowest BCUT2D eigenvalue weighted by atomic mass is 10.1. The molecule has 0 saturated heterocycles. The predicted molar refractivity (Wildman–Crippen MR) is 76.1 cm³/mol. The third-order valence-electron chi connectivity index (χ3n) is 2.78. The van der Waals surface area contributed by atoms with Crippen molar-refractivity contribution in [3.05, 3.63) is 35.4 Å². The summed E-state index contributed by atoms with van der Waals surface area (Å²) in [6.45, 7) is 1.77. The molecule has 0 aliphatic heterocycles. The highest BCUT2D eigenvalue weighted by atomic mass is 19.4. The minimum atomic E-state index is -4.30. The first-order valence-corrected chi connectivity index (χ1v) is 6.57. The molecule has 0 amide bonds. The number of alkyl halides is 3. The molecule has 0 spiro atoms. The molecule has 1 aromatic carbocycles. The Morgan fingerprint density at radius 2 is 1.86 bits per heavy atom. The van der Waals surface area contributed by atoms with Gasteiger partial charge in [0.2, 0.25) is 0 Å². The van der Waals surface area contributed by atoms with E-state index in [-0.39, 0.29) is 0 Å². The maximum Gasteiger partial charge on any atom is 0.416 e. The molecular weight excluding hydrogens is 283 g/mol. The minimum absolute atomic E-state index is 0.405. The number of hydrogen-bond donors (Lipinski definition) is 2. The summed E-state index contributed by atoms with van der Waals surface area (Å²) in [5.74, 6) is 0.603. The number of methoxy groups -OCH3 is 1. The highest BCUT2D eigenvalue weighted by molar-refractivity contribution is 5.79. The van der Waals surface area contributed by atoms with Gasteiger partial charge in [0.1, 0.15) is 0 Å². The van der Waals surface area contributed by atoms with Gasteiger partial charge < -0.3 is 15.4 Å². The van der Waals surface area contributed by atoms with Gasteiger partial charge in [-0.3, -0.25) is 4.99 Å². The molecule has 4 nitrogen and oxygen atoms in total. The summed E-state index contributed by atoms with van der Waals surface area (Å²) < 4.78 is 42.2. The van der Waals surface area contributed by atoms with Gasteiger partial charge in [0, 0.05) is 33.9 Å². The fraction of sp³-hybridized carbons (Fsp3) is 0.500. The highest BCUT2D eigenvalue weighted by Crippen LogP contribution is 2.28. The number of halogens is 3. The molecule has 0 aliphatic carbocycles. The number of guanidine groups is 1. The van der Waals surface area contributed by atoms with Gasteiger partial charge in [0.25, 0.3) is 0 Å². The fourth-order valence-electron chi connectivity index (χ4n) is 1.64. The van der Waals surface area contributed by atoms with Crippen LogP contribution in [0.25, 0.3) is 0 Å². The van der Waals surface area contributed by atoms with Crippen LogP contribution in [0.4, 0.5) is 13.2 Å². The normalized spacial score (nSPS) is 12.3. The summed E-state index contributed by atoms with van der Waals surface area (Å²) in [5.41, 5.74) is 0.108. The molecule has 0 radical (unpaired) electrons. The summed E-state index contributed by atoms with van der Waals surface area (Å²) in [6.07, 6.45) is -3.46. The Morgan fingerprint density at radius 1 is 1.19 bits per heavy atom. The Balaban J connectivity index is 2.43. The van der Waals surface area contributed by atoms with E-state index in [1.54, 1.807) is 14.2 Å². The zero-order valence-electron chi connectivity index (χ0n) is 12.1. The highest BCUT2D eigenvalue weighted by Gasteiger charge is 2.29. The van der Waals surface area contributed by atoms with Crippen LogP contribution >= 0.6 is 0 Å². The van der Waals surface area contributed by atoms with E-state index in [2.05, 4.69) is 15.6 Å². The van der Waals surface area contributed by atoms with Crippen molar-refractivity contribution in [2.75, 3.05) is 27.3 Å². The number of nitrogens with zero attached hydrogens (tertiary/aromatic N) is 1. The van der Waals surface area contributed by atoms with E-state index in [9.17, 15) is 13.2 Å². The van der Waals surface area contributed by atoms with Gasteiger partial charge >= 0.3 is 6.18 Å². The monoisotopic (exact) mass is 303 g/mol. The average Bonchev–Trinajstić information content (AvgIpc) is 2.46. The van der Waals surface area contributed by atoms with Crippen LogP contribution in [0.1, 0.15) is 17.5 Å². The second kappa shape index (κ2) is 8.51. The molecule has 0 aromatic heterocycles. The maximum absolute atomic E-state index is 12.4. The molecule has 0 fully saturated rings. The summed E-state index contributed by atoms with van der Waals surface area (Å²) in [6, 6.07) is 5.06. The van der Waals surface area contributed by atoms with E-state index in [0.717, 1.165) is 24.1 Å². The van der Waals surface area contributed by atoms with Crippen LogP contribution in [0.5, 0.6) is 0 Å². The average molecular weight is 303 g/mol. The smallest absolute Gasteiger partial charge is 0.385 e. The molecule has 0 unspecified atom stereocenters. The SMILES string of the molecule is CN=C(NCCCOC)NCc1ccc(C(F)(F)F)cc1. The Morgan fingerprint density at radius 3 is 2.38 bits per heavy atom. The van der Waals surface area contributed by atoms with Crippen LogP contribution in [0.2, 0.25) is 0 Å². The van der Waals surface area contributed by atoms with Crippen molar-refractivity contribution in [2.45, 2.75) is 19.1 Å². The second-order valence-corrected chi connectivity index (χ2v) is 4.39. The largest absolute Gasteiger partial charge is 0.416 e. The number of nitrogens with one attached hydrogen (secondary N) is 2. The molecule has 1 aromatic rings. The predicted octanol–water partition coefficient (Wildman–Crippen LogP) is 2.41. The summed E-state index contributed by atoms with van der Waals surface area (Å²) in [7, 11) is 3.27. The Labute approximate surface area is 122 Å². The molecule has 118 valence electrons. The minimum Gasteiger partial charge on any atom is -0.385 e. The number of benzene rings is 1. The summed E-state index contributed by atoms with van der Waals surface area (Å²) in [5, 5.41) is 6.13. The van der Waals surface area contributed by atoms with Gasteiger partial charge in [0.15, 0.2) is 5.96 Å². The second-order valence-electron chi connectivity index (χ2n) is 4.39. The van der Waals surface area contributed by atoms with E-state index in [4.69, 9.17) is 4.74 Å². The van der Waals surface area contributed by atoms with Gasteiger partial charge in [-0.05, 0) is 24.1 Å². The quantitative estimate of drug-likeness (QED) is 0.482. The molecule has 0 bridgehead atoms. The maximum atomic E-state index is 12.4. The van der Waals surface area contributed by atoms with E-state index in [1.165, 1.54) is 12.1 Å². The van der Waals surface area contributed by atoms with Crippen molar-refractivity contribution in [2.24, 2.45) is 4.99 Å². The van der Waals surface area contributed by atoms with E-state index < -0.39 is 11.7 Å². The van der Waals surface area contributed by atoms with E-state index in [0.29, 0.717) is 25.7 Å². The Bertz CT molecular complexity index is 444. The third-order valence-corrected chi connectivity index (χ3v) is 2.78. The van der Waals surface area contributed by atoms with E-state index >= 15 is 0 Å². The van der Waals surface area contributed by atoms with Crippen LogP contribution in [-0.2, 0) is 17.5 Å². The zero-order chi connectivity index (χ0) is 15.7. The number of hydrogen-bond acceptors (Lipinski definition) is 2. The van der Waals surface area contributed by atoms with Gasteiger partial charge in [-0.25, -0.2) is 0 Å². The van der Waals surface area contributed by atoms with Crippen molar-refractivity contribution in [3.8, 4) is 0 Å². The molecule has 2 N–H and O–H groups in total. The van der Waals surface area contributed by atoms with Gasteiger partial charge in [-0.2, -0.15) is 13.2 Å². The topological polar surface area (TPSA) is 45.7 Å². The van der Waals surface area contributed by atoms with Gasteiger partial charge in [-0.1, -0.05) is 12.1 Å². The lowest BCUT2D eigenvalue weighted by Crippen LogP contribution is -2.37. The molecule has 0 aliphatic rings. The van der Waals surface area contributed by atoms with Crippen molar-refractivity contribution in [1.82, 2.24) is 10.6 Å². The fourth-order valence-corrected chi connectivity index (χ4v) is 1.64. The van der Waals surface area contributed by atoms with Crippen molar-refractivity contribution in [1.29, 1.82) is 0 Å². The molecule has 0 heterocycles. The first-order valence-electron chi connectivity index (χ1n) is 6.57.